The zero-order chi connectivity index (χ0) is 21.5. The summed E-state index contributed by atoms with van der Waals surface area (Å²) in [7, 11) is -7.50. The Kier molecular flexibility index (Phi) is 8.54. The second-order valence-electron chi connectivity index (χ2n) is 5.92. The molecule has 0 aliphatic carbocycles. The maximum absolute atomic E-state index is 12.3. The second-order valence-corrected chi connectivity index (χ2v) is 9.73. The van der Waals surface area contributed by atoms with E-state index >= 15 is 0 Å². The summed E-state index contributed by atoms with van der Waals surface area (Å²) in [5.41, 5.74) is 5.26. The van der Waals surface area contributed by atoms with Gasteiger partial charge < -0.3 is 11.1 Å². The number of nitrogens with zero attached hydrogens (tertiary/aromatic N) is 1. The van der Waals surface area contributed by atoms with Gasteiger partial charge in [0, 0.05) is 25.2 Å². The number of amides is 2. The van der Waals surface area contributed by atoms with Crippen molar-refractivity contribution in [3.8, 4) is 0 Å². The Balaban J connectivity index is 2.67. The molecule has 0 saturated heterocycles. The van der Waals surface area contributed by atoms with E-state index < -0.39 is 37.9 Å². The van der Waals surface area contributed by atoms with Crippen molar-refractivity contribution in [2.45, 2.75) is 31.7 Å². The first-order valence-electron chi connectivity index (χ1n) is 8.62. The van der Waals surface area contributed by atoms with Gasteiger partial charge in [0.05, 0.1) is 16.7 Å². The highest BCUT2D eigenvalue weighted by Gasteiger charge is 2.23. The number of nitrogens with two attached hydrogens (primary N) is 1. The van der Waals surface area contributed by atoms with Gasteiger partial charge in [-0.3, -0.25) is 9.59 Å². The summed E-state index contributed by atoms with van der Waals surface area (Å²) in [6.45, 7) is 5.29. The van der Waals surface area contributed by atoms with Crippen LogP contribution in [0.1, 0.15) is 31.1 Å². The van der Waals surface area contributed by atoms with Crippen LogP contribution >= 0.6 is 0 Å². The Morgan fingerprint density at radius 1 is 1.07 bits per heavy atom. The minimum Gasteiger partial charge on any atom is -0.366 e. The quantitative estimate of drug-likeness (QED) is 0.416. The first-order chi connectivity index (χ1) is 12.9. The molecular weight excluding hydrogens is 408 g/mol. The summed E-state index contributed by atoms with van der Waals surface area (Å²) in [5, 5.41) is 2.41. The molecule has 1 atom stereocenters. The number of nitrogens with one attached hydrogen (secondary N) is 2. The van der Waals surface area contributed by atoms with Gasteiger partial charge in [-0.05, 0) is 31.2 Å². The van der Waals surface area contributed by atoms with Gasteiger partial charge in [0.25, 0.3) is 0 Å². The van der Waals surface area contributed by atoms with Crippen molar-refractivity contribution in [1.29, 1.82) is 0 Å². The van der Waals surface area contributed by atoms with Crippen LogP contribution in [-0.4, -0.2) is 64.4 Å². The molecule has 12 heteroatoms. The molecule has 10 nitrogen and oxygen atoms in total. The lowest BCUT2D eigenvalue weighted by atomic mass is 10.2. The van der Waals surface area contributed by atoms with Gasteiger partial charge in [0.15, 0.2) is 0 Å². The van der Waals surface area contributed by atoms with Gasteiger partial charge in [0.2, 0.25) is 31.9 Å². The maximum Gasteiger partial charge on any atom is 0.248 e. The standard InChI is InChI=1S/C16H26N4O6S2/c1-4-20(5-2)27(23,24)11-10-18-16(22)12(3)19-28(25,26)14-8-6-13(7-9-14)15(17)21/h6-9,12,19H,4-5,10-11H2,1-3H3,(H2,17,21)(H,18,22). The maximum atomic E-state index is 12.3. The predicted octanol–water partition coefficient (Wildman–Crippen LogP) is -0.760. The smallest absolute Gasteiger partial charge is 0.248 e. The summed E-state index contributed by atoms with van der Waals surface area (Å²) < 4.78 is 52.2. The molecule has 158 valence electrons. The molecule has 0 bridgehead atoms. The number of hydrogen-bond donors (Lipinski definition) is 3. The molecule has 0 spiro atoms. The molecule has 28 heavy (non-hydrogen) atoms. The van der Waals surface area contributed by atoms with Crippen LogP contribution in [0.25, 0.3) is 0 Å². The van der Waals surface area contributed by atoms with Crippen molar-refractivity contribution in [3.63, 3.8) is 0 Å². The highest BCUT2D eigenvalue weighted by atomic mass is 32.2. The topological polar surface area (TPSA) is 156 Å². The van der Waals surface area contributed by atoms with Crippen molar-refractivity contribution in [1.82, 2.24) is 14.3 Å². The largest absolute Gasteiger partial charge is 0.366 e. The molecule has 4 N–H and O–H groups in total. The average molecular weight is 435 g/mol. The zero-order valence-electron chi connectivity index (χ0n) is 16.0. The van der Waals surface area contributed by atoms with Crippen LogP contribution < -0.4 is 15.8 Å². The predicted molar refractivity (Wildman–Crippen MR) is 104 cm³/mol. The number of sulfonamides is 2. The number of rotatable bonds is 11. The summed E-state index contributed by atoms with van der Waals surface area (Å²) >= 11 is 0. The Bertz CT molecular complexity index is 894. The Labute approximate surface area is 165 Å². The van der Waals surface area contributed by atoms with Crippen LogP contribution in [0.15, 0.2) is 29.2 Å². The second kappa shape index (κ2) is 9.96. The van der Waals surface area contributed by atoms with E-state index in [1.165, 1.54) is 35.5 Å². The first-order valence-corrected chi connectivity index (χ1v) is 11.7. The van der Waals surface area contributed by atoms with E-state index in [2.05, 4.69) is 10.0 Å². The van der Waals surface area contributed by atoms with Crippen LogP contribution in [0.2, 0.25) is 0 Å². The van der Waals surface area contributed by atoms with Gasteiger partial charge in [0.1, 0.15) is 0 Å². The molecule has 0 fully saturated rings. The molecule has 0 saturated carbocycles. The summed E-state index contributed by atoms with van der Waals surface area (Å²) in [4.78, 5) is 23.0. The van der Waals surface area contributed by atoms with Gasteiger partial charge in [-0.15, -0.1) is 0 Å². The number of primary amides is 1. The minimum atomic E-state index is -4.01. The molecule has 2 amide bonds. The molecule has 0 aliphatic rings. The van der Waals surface area contributed by atoms with Crippen molar-refractivity contribution in [2.24, 2.45) is 5.73 Å². The van der Waals surface area contributed by atoms with Gasteiger partial charge in [-0.2, -0.15) is 4.72 Å². The monoisotopic (exact) mass is 434 g/mol. The fraction of sp³-hybridized carbons (Fsp3) is 0.500. The van der Waals surface area contributed by atoms with Crippen molar-refractivity contribution in [2.75, 3.05) is 25.4 Å². The van der Waals surface area contributed by atoms with Gasteiger partial charge in [-0.25, -0.2) is 21.1 Å². The average Bonchev–Trinajstić information content (AvgIpc) is 2.61. The highest BCUT2D eigenvalue weighted by Crippen LogP contribution is 2.11. The van der Waals surface area contributed by atoms with Crippen LogP contribution in [0, 0.1) is 0 Å². The Morgan fingerprint density at radius 3 is 2.07 bits per heavy atom. The fourth-order valence-corrected chi connectivity index (χ4v) is 4.96. The molecule has 0 radical (unpaired) electrons. The molecular formula is C16H26N4O6S2. The summed E-state index contributed by atoms with van der Waals surface area (Å²) in [6, 6.07) is 3.80. The Morgan fingerprint density at radius 2 is 1.61 bits per heavy atom. The van der Waals surface area contributed by atoms with Gasteiger partial charge >= 0.3 is 0 Å². The molecule has 1 rings (SSSR count). The minimum absolute atomic E-state index is 0.138. The van der Waals surface area contributed by atoms with Crippen LogP contribution in [-0.2, 0) is 24.8 Å². The molecule has 1 unspecified atom stereocenters. The normalized spacial score (nSPS) is 13.3. The number of hydrogen-bond acceptors (Lipinski definition) is 6. The molecule has 0 heterocycles. The third-order valence-corrected chi connectivity index (χ3v) is 7.51. The van der Waals surface area contributed by atoms with E-state index in [9.17, 15) is 26.4 Å². The molecule has 1 aromatic rings. The SMILES string of the molecule is CCN(CC)S(=O)(=O)CCNC(=O)C(C)NS(=O)(=O)c1ccc(C(N)=O)cc1. The van der Waals surface area contributed by atoms with Gasteiger partial charge in [-0.1, -0.05) is 13.8 Å². The number of carbonyl (C=O) groups excluding carboxylic acids is 2. The molecule has 1 aromatic carbocycles. The lowest BCUT2D eigenvalue weighted by Gasteiger charge is -2.19. The number of benzene rings is 1. The lowest BCUT2D eigenvalue weighted by molar-refractivity contribution is -0.122. The van der Waals surface area contributed by atoms with E-state index in [0.717, 1.165) is 0 Å². The van der Waals surface area contributed by atoms with E-state index in [1.807, 2.05) is 0 Å². The summed E-state index contributed by atoms with van der Waals surface area (Å²) in [6.07, 6.45) is 0. The third-order valence-electron chi connectivity index (χ3n) is 3.93. The van der Waals surface area contributed by atoms with Crippen LogP contribution in [0.4, 0.5) is 0 Å². The van der Waals surface area contributed by atoms with Crippen molar-refractivity contribution < 1.29 is 26.4 Å². The van der Waals surface area contributed by atoms with E-state index in [4.69, 9.17) is 5.73 Å². The highest BCUT2D eigenvalue weighted by molar-refractivity contribution is 7.89. The van der Waals surface area contributed by atoms with E-state index in [-0.39, 0.29) is 22.8 Å². The fourth-order valence-electron chi connectivity index (χ4n) is 2.36. The van der Waals surface area contributed by atoms with Crippen molar-refractivity contribution >= 4 is 31.9 Å². The van der Waals surface area contributed by atoms with Crippen LogP contribution in [0.3, 0.4) is 0 Å². The van der Waals surface area contributed by atoms with Crippen LogP contribution in [0.5, 0.6) is 0 Å². The zero-order valence-corrected chi connectivity index (χ0v) is 17.6. The van der Waals surface area contributed by atoms with E-state index in [1.54, 1.807) is 13.8 Å². The number of carbonyl (C=O) groups is 2. The molecule has 0 aromatic heterocycles. The van der Waals surface area contributed by atoms with Crippen molar-refractivity contribution in [3.05, 3.63) is 29.8 Å². The third kappa shape index (κ3) is 6.55. The first kappa shape index (κ1) is 24.0. The lowest BCUT2D eigenvalue weighted by Crippen LogP contribution is -2.46. The summed E-state index contributed by atoms with van der Waals surface area (Å²) in [5.74, 6) is -1.63. The Hall–Kier alpha value is -2.02. The van der Waals surface area contributed by atoms with E-state index in [0.29, 0.717) is 13.1 Å². The molecule has 0 aliphatic heterocycles.